The summed E-state index contributed by atoms with van der Waals surface area (Å²) in [5, 5.41) is 13.7. The first-order valence-electron chi connectivity index (χ1n) is 9.62. The molecule has 5 rings (SSSR count). The van der Waals surface area contributed by atoms with Crippen LogP contribution in [0.3, 0.4) is 0 Å². The maximum Gasteiger partial charge on any atom is 0.327 e. The van der Waals surface area contributed by atoms with Gasteiger partial charge in [-0.05, 0) is 25.7 Å². The summed E-state index contributed by atoms with van der Waals surface area (Å²) >= 11 is 0. The number of nitrogens with zero attached hydrogens (tertiary/aromatic N) is 8. The van der Waals surface area contributed by atoms with Crippen molar-refractivity contribution in [3.05, 3.63) is 24.7 Å². The SMILES string of the molecule is COC(=O)Cn1ncc2c(N3CCC(c4nncn4C4CC4)CC3)ncnc21. The standard InChI is InChI=1S/C18H22N8O2/c1-28-15(27)9-26-18-14(8-22-26)17(19-10-20-18)24-6-4-12(5-7-24)16-23-21-11-25(16)13-2-3-13/h8,10-13H,2-7,9H2,1H3. The number of aromatic nitrogens is 7. The Labute approximate surface area is 161 Å². The van der Waals surface area contributed by atoms with Crippen molar-refractivity contribution >= 4 is 22.8 Å². The van der Waals surface area contributed by atoms with Crippen LogP contribution in [-0.4, -0.2) is 60.7 Å². The number of carbonyl (C=O) groups excluding carboxylic acids is 1. The van der Waals surface area contributed by atoms with Gasteiger partial charge < -0.3 is 14.2 Å². The number of carbonyl (C=O) groups is 1. The molecule has 0 aromatic carbocycles. The molecule has 10 nitrogen and oxygen atoms in total. The minimum atomic E-state index is -0.356. The quantitative estimate of drug-likeness (QED) is 0.609. The molecule has 1 saturated heterocycles. The molecule has 28 heavy (non-hydrogen) atoms. The van der Waals surface area contributed by atoms with E-state index in [1.54, 1.807) is 10.9 Å². The Morgan fingerprint density at radius 1 is 1.21 bits per heavy atom. The van der Waals surface area contributed by atoms with Gasteiger partial charge in [-0.2, -0.15) is 5.10 Å². The Kier molecular flexibility index (Phi) is 4.18. The first kappa shape index (κ1) is 17.1. The number of piperidine rings is 1. The average Bonchev–Trinajstić information content (AvgIpc) is 3.32. The van der Waals surface area contributed by atoms with Crippen LogP contribution in [0, 0.1) is 0 Å². The number of fused-ring (bicyclic) bond motifs is 1. The molecule has 1 aliphatic carbocycles. The fourth-order valence-electron chi connectivity index (χ4n) is 3.96. The van der Waals surface area contributed by atoms with E-state index in [1.807, 2.05) is 6.33 Å². The van der Waals surface area contributed by atoms with Gasteiger partial charge in [0.05, 0.1) is 18.7 Å². The highest BCUT2D eigenvalue weighted by Crippen LogP contribution is 2.39. The van der Waals surface area contributed by atoms with E-state index in [0.29, 0.717) is 17.6 Å². The zero-order valence-corrected chi connectivity index (χ0v) is 15.7. The highest BCUT2D eigenvalue weighted by molar-refractivity contribution is 5.87. The third-order valence-corrected chi connectivity index (χ3v) is 5.62. The lowest BCUT2D eigenvalue weighted by Gasteiger charge is -2.32. The van der Waals surface area contributed by atoms with E-state index < -0.39 is 0 Å². The van der Waals surface area contributed by atoms with Gasteiger partial charge in [-0.3, -0.25) is 4.79 Å². The Morgan fingerprint density at radius 2 is 2.04 bits per heavy atom. The molecule has 146 valence electrons. The van der Waals surface area contributed by atoms with Crippen LogP contribution in [0.5, 0.6) is 0 Å². The highest BCUT2D eigenvalue weighted by Gasteiger charge is 2.31. The molecule has 0 spiro atoms. The van der Waals surface area contributed by atoms with Gasteiger partial charge in [0, 0.05) is 25.0 Å². The third-order valence-electron chi connectivity index (χ3n) is 5.62. The molecular formula is C18H22N8O2. The molecule has 0 N–H and O–H groups in total. The van der Waals surface area contributed by atoms with Crippen molar-refractivity contribution in [2.45, 2.75) is 44.2 Å². The van der Waals surface area contributed by atoms with Gasteiger partial charge >= 0.3 is 5.97 Å². The molecule has 2 fully saturated rings. The van der Waals surface area contributed by atoms with E-state index in [2.05, 4.69) is 34.7 Å². The Balaban J connectivity index is 1.34. The monoisotopic (exact) mass is 382 g/mol. The second-order valence-corrected chi connectivity index (χ2v) is 7.40. The fraction of sp³-hybridized carbons (Fsp3) is 0.556. The molecule has 0 atom stereocenters. The van der Waals surface area contributed by atoms with Crippen molar-refractivity contribution in [3.8, 4) is 0 Å². The molecule has 3 aromatic heterocycles. The van der Waals surface area contributed by atoms with Gasteiger partial charge in [0.25, 0.3) is 0 Å². The van der Waals surface area contributed by atoms with Crippen molar-refractivity contribution in [2.75, 3.05) is 25.1 Å². The molecule has 0 bridgehead atoms. The van der Waals surface area contributed by atoms with Crippen LogP contribution < -0.4 is 4.90 Å². The van der Waals surface area contributed by atoms with E-state index >= 15 is 0 Å². The summed E-state index contributed by atoms with van der Waals surface area (Å²) in [5.74, 6) is 2.06. The second-order valence-electron chi connectivity index (χ2n) is 7.40. The summed E-state index contributed by atoms with van der Waals surface area (Å²) in [7, 11) is 1.36. The summed E-state index contributed by atoms with van der Waals surface area (Å²) in [6.45, 7) is 1.81. The minimum absolute atomic E-state index is 0.0371. The lowest BCUT2D eigenvalue weighted by molar-refractivity contribution is -0.141. The highest BCUT2D eigenvalue weighted by atomic mass is 16.5. The number of hydrogen-bond donors (Lipinski definition) is 0. The molecule has 0 unspecified atom stereocenters. The summed E-state index contributed by atoms with van der Waals surface area (Å²) in [6, 6.07) is 0.602. The molecule has 0 radical (unpaired) electrons. The van der Waals surface area contributed by atoms with Crippen LogP contribution in [0.25, 0.3) is 11.0 Å². The van der Waals surface area contributed by atoms with Crippen molar-refractivity contribution in [1.29, 1.82) is 0 Å². The fourth-order valence-corrected chi connectivity index (χ4v) is 3.96. The van der Waals surface area contributed by atoms with Crippen LogP contribution in [0.2, 0.25) is 0 Å². The van der Waals surface area contributed by atoms with E-state index in [4.69, 9.17) is 4.74 Å². The smallest absolute Gasteiger partial charge is 0.327 e. The van der Waals surface area contributed by atoms with Crippen molar-refractivity contribution in [2.24, 2.45) is 0 Å². The summed E-state index contributed by atoms with van der Waals surface area (Å²) in [4.78, 5) is 22.7. The maximum atomic E-state index is 11.6. The lowest BCUT2D eigenvalue weighted by Crippen LogP contribution is -2.34. The zero-order chi connectivity index (χ0) is 19.1. The average molecular weight is 382 g/mol. The lowest BCUT2D eigenvalue weighted by atomic mass is 9.95. The third kappa shape index (κ3) is 2.98. The second kappa shape index (κ2) is 6.84. The number of anilines is 1. The largest absolute Gasteiger partial charge is 0.468 e. The molecule has 1 aliphatic heterocycles. The molecular weight excluding hydrogens is 360 g/mol. The van der Waals surface area contributed by atoms with Gasteiger partial charge in [0.2, 0.25) is 0 Å². The molecule has 0 amide bonds. The number of esters is 1. The number of hydrogen-bond acceptors (Lipinski definition) is 8. The number of ether oxygens (including phenoxy) is 1. The summed E-state index contributed by atoms with van der Waals surface area (Å²) < 4.78 is 8.55. The topological polar surface area (TPSA) is 104 Å². The predicted octanol–water partition coefficient (Wildman–Crippen LogP) is 1.31. The van der Waals surface area contributed by atoms with Crippen LogP contribution in [-0.2, 0) is 16.1 Å². The van der Waals surface area contributed by atoms with Crippen LogP contribution in [0.15, 0.2) is 18.9 Å². The van der Waals surface area contributed by atoms with E-state index in [9.17, 15) is 4.79 Å². The number of rotatable bonds is 5. The van der Waals surface area contributed by atoms with Gasteiger partial charge in [-0.1, -0.05) is 0 Å². The first-order valence-corrected chi connectivity index (χ1v) is 9.62. The van der Waals surface area contributed by atoms with E-state index in [0.717, 1.165) is 43.0 Å². The molecule has 4 heterocycles. The number of methoxy groups -OCH3 is 1. The van der Waals surface area contributed by atoms with Crippen LogP contribution >= 0.6 is 0 Å². The predicted molar refractivity (Wildman–Crippen MR) is 99.8 cm³/mol. The molecule has 2 aliphatic rings. The Morgan fingerprint density at radius 3 is 2.79 bits per heavy atom. The Hall–Kier alpha value is -3.04. The normalized spacial score (nSPS) is 18.0. The van der Waals surface area contributed by atoms with E-state index in [1.165, 1.54) is 26.3 Å². The van der Waals surface area contributed by atoms with Gasteiger partial charge in [-0.15, -0.1) is 10.2 Å². The van der Waals surface area contributed by atoms with Gasteiger partial charge in [0.1, 0.15) is 30.8 Å². The van der Waals surface area contributed by atoms with Crippen LogP contribution in [0.1, 0.15) is 43.5 Å². The van der Waals surface area contributed by atoms with E-state index in [-0.39, 0.29) is 12.5 Å². The van der Waals surface area contributed by atoms with Gasteiger partial charge in [-0.25, -0.2) is 14.6 Å². The molecule has 10 heteroatoms. The van der Waals surface area contributed by atoms with Crippen molar-refractivity contribution in [1.82, 2.24) is 34.5 Å². The summed E-state index contributed by atoms with van der Waals surface area (Å²) in [6.07, 6.45) is 9.62. The minimum Gasteiger partial charge on any atom is -0.468 e. The molecule has 1 saturated carbocycles. The maximum absolute atomic E-state index is 11.6. The summed E-state index contributed by atoms with van der Waals surface area (Å²) in [5.41, 5.74) is 0.644. The first-order chi connectivity index (χ1) is 13.7. The zero-order valence-electron chi connectivity index (χ0n) is 15.7. The van der Waals surface area contributed by atoms with Crippen molar-refractivity contribution < 1.29 is 9.53 Å². The van der Waals surface area contributed by atoms with Crippen LogP contribution in [0.4, 0.5) is 5.82 Å². The van der Waals surface area contributed by atoms with Crippen molar-refractivity contribution in [3.63, 3.8) is 0 Å². The Bertz CT molecular complexity index is 1000. The van der Waals surface area contributed by atoms with Gasteiger partial charge in [0.15, 0.2) is 5.65 Å². The molecule has 3 aromatic rings.